The Hall–Kier alpha value is -0.0800. The van der Waals surface area contributed by atoms with Crippen molar-refractivity contribution in [3.8, 4) is 0 Å². The second-order valence-corrected chi connectivity index (χ2v) is 7.24. The summed E-state index contributed by atoms with van der Waals surface area (Å²) in [6, 6.07) is 0.218. The molecule has 0 heterocycles. The molecule has 19 heavy (non-hydrogen) atoms. The second kappa shape index (κ2) is 7.64. The Bertz CT molecular complexity index is 240. The zero-order chi connectivity index (χ0) is 14.4. The summed E-state index contributed by atoms with van der Waals surface area (Å²) in [5, 5.41) is 0. The van der Waals surface area contributed by atoms with Crippen LogP contribution in [0.15, 0.2) is 0 Å². The molecule has 0 aromatic heterocycles. The average Bonchev–Trinajstić information content (AvgIpc) is 2.39. The van der Waals surface area contributed by atoms with Gasteiger partial charge in [0.05, 0.1) is 5.60 Å². The molecule has 0 amide bonds. The van der Waals surface area contributed by atoms with Gasteiger partial charge in [-0.25, -0.2) is 0 Å². The van der Waals surface area contributed by atoms with Crippen molar-refractivity contribution in [3.63, 3.8) is 0 Å². The number of hydrogen-bond donors (Lipinski definition) is 1. The Labute approximate surface area is 120 Å². The highest BCUT2D eigenvalue weighted by atomic mass is 16.5. The first-order chi connectivity index (χ1) is 8.96. The van der Waals surface area contributed by atoms with Gasteiger partial charge in [0.15, 0.2) is 0 Å². The van der Waals surface area contributed by atoms with Gasteiger partial charge in [0.1, 0.15) is 0 Å². The largest absolute Gasteiger partial charge is 0.377 e. The monoisotopic (exact) mass is 269 g/mol. The lowest BCUT2D eigenvalue weighted by Crippen LogP contribution is -2.52. The summed E-state index contributed by atoms with van der Waals surface area (Å²) in [5.74, 6) is 0. The Morgan fingerprint density at radius 2 is 1.58 bits per heavy atom. The van der Waals surface area contributed by atoms with E-state index in [1.54, 1.807) is 0 Å². The molecule has 0 spiro atoms. The van der Waals surface area contributed by atoms with E-state index in [-0.39, 0.29) is 11.6 Å². The van der Waals surface area contributed by atoms with E-state index in [0.29, 0.717) is 5.41 Å². The van der Waals surface area contributed by atoms with Crippen LogP contribution in [0.5, 0.6) is 0 Å². The molecule has 114 valence electrons. The fraction of sp³-hybridized carbons (Fsp3) is 1.00. The van der Waals surface area contributed by atoms with E-state index in [1.807, 2.05) is 7.11 Å². The van der Waals surface area contributed by atoms with Crippen molar-refractivity contribution in [2.45, 2.75) is 96.6 Å². The maximum Gasteiger partial charge on any atom is 0.0829 e. The van der Waals surface area contributed by atoms with Gasteiger partial charge in [-0.3, -0.25) is 0 Å². The van der Waals surface area contributed by atoms with Crippen LogP contribution in [0, 0.1) is 5.41 Å². The molecule has 0 saturated heterocycles. The molecule has 2 N–H and O–H groups in total. The topological polar surface area (TPSA) is 35.2 Å². The van der Waals surface area contributed by atoms with Crippen LogP contribution in [0.2, 0.25) is 0 Å². The van der Waals surface area contributed by atoms with Crippen LogP contribution in [-0.4, -0.2) is 18.8 Å². The highest BCUT2D eigenvalue weighted by molar-refractivity contribution is 4.97. The van der Waals surface area contributed by atoms with Crippen molar-refractivity contribution in [2.75, 3.05) is 7.11 Å². The summed E-state index contributed by atoms with van der Waals surface area (Å²) in [6.07, 6.45) is 12.5. The maximum absolute atomic E-state index is 6.47. The van der Waals surface area contributed by atoms with Crippen molar-refractivity contribution in [1.82, 2.24) is 0 Å². The van der Waals surface area contributed by atoms with Gasteiger partial charge in [-0.15, -0.1) is 0 Å². The molecule has 1 fully saturated rings. The van der Waals surface area contributed by atoms with Gasteiger partial charge in [-0.1, -0.05) is 52.9 Å². The van der Waals surface area contributed by atoms with Gasteiger partial charge < -0.3 is 10.5 Å². The second-order valence-electron chi connectivity index (χ2n) is 7.24. The molecule has 0 bridgehead atoms. The number of rotatable bonds is 8. The molecule has 2 nitrogen and oxygen atoms in total. The van der Waals surface area contributed by atoms with Gasteiger partial charge in [0.2, 0.25) is 0 Å². The van der Waals surface area contributed by atoms with Crippen molar-refractivity contribution >= 4 is 0 Å². The third-order valence-electron chi connectivity index (χ3n) is 5.15. The molecule has 0 aromatic rings. The van der Waals surface area contributed by atoms with Crippen LogP contribution < -0.4 is 5.73 Å². The van der Waals surface area contributed by atoms with Crippen molar-refractivity contribution in [3.05, 3.63) is 0 Å². The van der Waals surface area contributed by atoms with E-state index in [4.69, 9.17) is 10.5 Å². The van der Waals surface area contributed by atoms with E-state index >= 15 is 0 Å². The summed E-state index contributed by atoms with van der Waals surface area (Å²) < 4.78 is 5.89. The molecule has 0 radical (unpaired) electrons. The van der Waals surface area contributed by atoms with E-state index in [1.165, 1.54) is 44.9 Å². The first kappa shape index (κ1) is 17.0. The molecule has 1 aliphatic carbocycles. The van der Waals surface area contributed by atoms with E-state index in [2.05, 4.69) is 20.8 Å². The fourth-order valence-electron chi connectivity index (χ4n) is 3.31. The first-order valence-electron chi connectivity index (χ1n) is 8.26. The Kier molecular flexibility index (Phi) is 6.82. The van der Waals surface area contributed by atoms with Crippen LogP contribution in [0.4, 0.5) is 0 Å². The molecule has 0 aromatic carbocycles. The molecule has 1 aliphatic rings. The van der Waals surface area contributed by atoms with Crippen molar-refractivity contribution in [2.24, 2.45) is 11.1 Å². The minimum atomic E-state index is -0.0414. The maximum atomic E-state index is 6.47. The lowest BCUT2D eigenvalue weighted by molar-refractivity contribution is -0.0800. The Morgan fingerprint density at radius 3 is 2.11 bits per heavy atom. The minimum Gasteiger partial charge on any atom is -0.377 e. The van der Waals surface area contributed by atoms with Crippen molar-refractivity contribution in [1.29, 1.82) is 0 Å². The number of nitrogens with two attached hydrogens (primary N) is 1. The number of unbranched alkanes of at least 4 members (excludes halogenated alkanes) is 4. The summed E-state index contributed by atoms with van der Waals surface area (Å²) in [7, 11) is 1.86. The lowest BCUT2D eigenvalue weighted by atomic mass is 9.68. The molecular formula is C17H35NO. The third-order valence-corrected chi connectivity index (χ3v) is 5.15. The Balaban J connectivity index is 2.37. The van der Waals surface area contributed by atoms with Crippen LogP contribution in [0.3, 0.4) is 0 Å². The van der Waals surface area contributed by atoms with Crippen molar-refractivity contribution < 1.29 is 4.74 Å². The molecule has 1 saturated carbocycles. The Morgan fingerprint density at radius 1 is 1.00 bits per heavy atom. The third kappa shape index (κ3) is 5.07. The number of hydrogen-bond acceptors (Lipinski definition) is 2. The molecule has 2 heteroatoms. The summed E-state index contributed by atoms with van der Waals surface area (Å²) in [5.41, 5.74) is 6.91. The van der Waals surface area contributed by atoms with Crippen LogP contribution in [-0.2, 0) is 4.74 Å². The zero-order valence-electron chi connectivity index (χ0n) is 13.6. The van der Waals surface area contributed by atoms with Gasteiger partial charge in [0, 0.05) is 13.2 Å². The predicted octanol–water partition coefficient (Wildman–Crippen LogP) is 4.66. The smallest absolute Gasteiger partial charge is 0.0829 e. The fourth-order valence-corrected chi connectivity index (χ4v) is 3.31. The standard InChI is InChI=1S/C17H35NO/c1-5-6-7-8-9-10-15(18)17(19-4)13-11-16(2,3)12-14-17/h15H,5-14,18H2,1-4H3. The highest BCUT2D eigenvalue weighted by Gasteiger charge is 2.42. The average molecular weight is 269 g/mol. The normalized spacial score (nSPS) is 23.2. The van der Waals surface area contributed by atoms with Gasteiger partial charge in [-0.05, 0) is 37.5 Å². The van der Waals surface area contributed by atoms with Crippen LogP contribution in [0.25, 0.3) is 0 Å². The molecule has 0 aliphatic heterocycles. The summed E-state index contributed by atoms with van der Waals surface area (Å²) in [6.45, 7) is 6.99. The predicted molar refractivity (Wildman–Crippen MR) is 83.3 cm³/mol. The summed E-state index contributed by atoms with van der Waals surface area (Å²) >= 11 is 0. The number of methoxy groups -OCH3 is 1. The SMILES string of the molecule is CCCCCCCC(N)C1(OC)CCC(C)(C)CC1. The molecule has 1 rings (SSSR count). The van der Waals surface area contributed by atoms with Crippen LogP contribution in [0.1, 0.15) is 85.0 Å². The molecule has 1 unspecified atom stereocenters. The lowest BCUT2D eigenvalue weighted by Gasteiger charge is -2.46. The summed E-state index contributed by atoms with van der Waals surface area (Å²) in [4.78, 5) is 0. The minimum absolute atomic E-state index is 0.0414. The molecule has 1 atom stereocenters. The van der Waals surface area contributed by atoms with E-state index < -0.39 is 0 Å². The highest BCUT2D eigenvalue weighted by Crippen LogP contribution is 2.43. The number of ether oxygens (including phenoxy) is 1. The molecular weight excluding hydrogens is 234 g/mol. The van der Waals surface area contributed by atoms with Gasteiger partial charge >= 0.3 is 0 Å². The van der Waals surface area contributed by atoms with Gasteiger partial charge in [-0.2, -0.15) is 0 Å². The van der Waals surface area contributed by atoms with Crippen LogP contribution >= 0.6 is 0 Å². The van der Waals surface area contributed by atoms with Gasteiger partial charge in [0.25, 0.3) is 0 Å². The first-order valence-corrected chi connectivity index (χ1v) is 8.26. The van der Waals surface area contributed by atoms with E-state index in [9.17, 15) is 0 Å². The zero-order valence-corrected chi connectivity index (χ0v) is 13.6. The quantitative estimate of drug-likeness (QED) is 0.650. The van der Waals surface area contributed by atoms with E-state index in [0.717, 1.165) is 19.3 Å².